The first kappa shape index (κ1) is 24.4. The van der Waals surface area contributed by atoms with E-state index >= 15 is 0 Å². The summed E-state index contributed by atoms with van der Waals surface area (Å²) in [5.74, 6) is -1.06. The summed E-state index contributed by atoms with van der Waals surface area (Å²) in [6.45, 7) is 0.412. The zero-order valence-corrected chi connectivity index (χ0v) is 19.0. The number of hydrogen-bond acceptors (Lipinski definition) is 7. The standard InChI is InChI=1S/C23H24F3N3O4S/c1-29(12-13-5-3-2-4-6-13)21(32)16-11-17(30)19(31)18-20(16)34-22(28-18)27-14-7-9-15(10-8-14)33-23(24,25)26/h2-10,16-20,30-31H,11-12H2,1H3,(H,27,28)/t16-,17+,18-,19-,20+/m0/s1. The number of alkyl halides is 3. The van der Waals surface area contributed by atoms with E-state index in [2.05, 4.69) is 15.0 Å². The van der Waals surface area contributed by atoms with Crippen molar-refractivity contribution >= 4 is 28.5 Å². The predicted molar refractivity (Wildman–Crippen MR) is 122 cm³/mol. The van der Waals surface area contributed by atoms with Gasteiger partial charge in [0.2, 0.25) is 5.91 Å². The molecular formula is C23H24F3N3O4S. The van der Waals surface area contributed by atoms with Gasteiger partial charge in [-0.3, -0.25) is 9.79 Å². The fourth-order valence-corrected chi connectivity index (χ4v) is 5.55. The first-order chi connectivity index (χ1) is 16.1. The Morgan fingerprint density at radius 2 is 1.85 bits per heavy atom. The van der Waals surface area contributed by atoms with Crippen LogP contribution in [0.5, 0.6) is 5.75 Å². The summed E-state index contributed by atoms with van der Waals surface area (Å²) in [5, 5.41) is 23.9. The second-order valence-electron chi connectivity index (χ2n) is 8.28. The van der Waals surface area contributed by atoms with Crippen molar-refractivity contribution in [2.24, 2.45) is 10.9 Å². The van der Waals surface area contributed by atoms with Gasteiger partial charge in [-0.1, -0.05) is 42.1 Å². The number of benzene rings is 2. The van der Waals surface area contributed by atoms with Crippen LogP contribution in [-0.2, 0) is 11.3 Å². The molecule has 1 heterocycles. The second kappa shape index (κ2) is 9.85. The maximum absolute atomic E-state index is 13.3. The lowest BCUT2D eigenvalue weighted by Crippen LogP contribution is -2.54. The van der Waals surface area contributed by atoms with Crippen molar-refractivity contribution in [1.82, 2.24) is 4.90 Å². The highest BCUT2D eigenvalue weighted by molar-refractivity contribution is 8.15. The molecule has 11 heteroatoms. The molecule has 1 aliphatic carbocycles. The molecule has 4 rings (SSSR count). The van der Waals surface area contributed by atoms with Crippen LogP contribution in [0.15, 0.2) is 59.6 Å². The number of amides is 1. The number of rotatable bonds is 5. The molecule has 0 aromatic heterocycles. The Morgan fingerprint density at radius 1 is 1.18 bits per heavy atom. The van der Waals surface area contributed by atoms with E-state index in [0.717, 1.165) is 5.56 Å². The minimum absolute atomic E-state index is 0.111. The third-order valence-electron chi connectivity index (χ3n) is 5.78. The van der Waals surface area contributed by atoms with Gasteiger partial charge in [0.25, 0.3) is 0 Å². The summed E-state index contributed by atoms with van der Waals surface area (Å²) >= 11 is 1.28. The van der Waals surface area contributed by atoms with E-state index in [1.807, 2.05) is 30.3 Å². The van der Waals surface area contributed by atoms with Crippen molar-refractivity contribution in [3.8, 4) is 5.75 Å². The molecule has 34 heavy (non-hydrogen) atoms. The molecule has 1 fully saturated rings. The number of anilines is 1. The van der Waals surface area contributed by atoms with Gasteiger partial charge in [0.1, 0.15) is 11.9 Å². The van der Waals surface area contributed by atoms with Gasteiger partial charge in [0.15, 0.2) is 5.17 Å². The molecule has 182 valence electrons. The number of thioether (sulfide) groups is 1. The number of halogens is 3. The zero-order valence-electron chi connectivity index (χ0n) is 18.1. The second-order valence-corrected chi connectivity index (χ2v) is 9.45. The van der Waals surface area contributed by atoms with Gasteiger partial charge in [-0.25, -0.2) is 0 Å². The van der Waals surface area contributed by atoms with Gasteiger partial charge in [-0.2, -0.15) is 0 Å². The Morgan fingerprint density at radius 3 is 2.50 bits per heavy atom. The van der Waals surface area contributed by atoms with Crippen LogP contribution in [0.3, 0.4) is 0 Å². The molecule has 2 aliphatic rings. The Balaban J connectivity index is 1.44. The molecule has 2 aromatic rings. The Bertz CT molecular complexity index is 1040. The summed E-state index contributed by atoms with van der Waals surface area (Å²) in [7, 11) is 1.70. The zero-order chi connectivity index (χ0) is 24.5. The molecule has 0 spiro atoms. The average molecular weight is 496 g/mol. The highest BCUT2D eigenvalue weighted by Crippen LogP contribution is 2.42. The van der Waals surface area contributed by atoms with E-state index in [0.29, 0.717) is 17.4 Å². The maximum Gasteiger partial charge on any atom is 0.573 e. The summed E-state index contributed by atoms with van der Waals surface area (Å²) in [6, 6.07) is 14.0. The molecule has 0 saturated heterocycles. The molecule has 0 radical (unpaired) electrons. The SMILES string of the molecule is CN(Cc1ccccc1)C(=O)[C@H]1C[C@@H](O)[C@H](O)[C@@H]2N=C(Nc3ccc(OC(F)(F)F)cc3)S[C@@H]21. The minimum atomic E-state index is -4.78. The van der Waals surface area contributed by atoms with Crippen LogP contribution >= 0.6 is 11.8 Å². The molecule has 1 amide bonds. The molecule has 5 atom stereocenters. The van der Waals surface area contributed by atoms with Crippen LogP contribution in [0.25, 0.3) is 0 Å². The fraction of sp³-hybridized carbons (Fsp3) is 0.391. The van der Waals surface area contributed by atoms with Crippen LogP contribution < -0.4 is 10.1 Å². The normalized spacial score (nSPS) is 26.4. The lowest BCUT2D eigenvalue weighted by molar-refractivity contribution is -0.274. The Hall–Kier alpha value is -2.76. The van der Waals surface area contributed by atoms with E-state index in [9.17, 15) is 28.2 Å². The highest BCUT2D eigenvalue weighted by atomic mass is 32.2. The third-order valence-corrected chi connectivity index (χ3v) is 7.09. The molecule has 2 aromatic carbocycles. The summed E-state index contributed by atoms with van der Waals surface area (Å²) < 4.78 is 40.9. The van der Waals surface area contributed by atoms with Gasteiger partial charge in [0, 0.05) is 24.5 Å². The minimum Gasteiger partial charge on any atom is -0.406 e. The van der Waals surface area contributed by atoms with Crippen LogP contribution in [0.4, 0.5) is 18.9 Å². The highest BCUT2D eigenvalue weighted by Gasteiger charge is 2.50. The largest absolute Gasteiger partial charge is 0.573 e. The lowest BCUT2D eigenvalue weighted by Gasteiger charge is -2.38. The smallest absolute Gasteiger partial charge is 0.406 e. The number of amidine groups is 1. The Kier molecular flexibility index (Phi) is 7.06. The third kappa shape index (κ3) is 5.65. The number of nitrogens with one attached hydrogen (secondary N) is 1. The number of aliphatic hydroxyl groups excluding tert-OH is 2. The van der Waals surface area contributed by atoms with Gasteiger partial charge < -0.3 is 25.2 Å². The molecule has 7 nitrogen and oxygen atoms in total. The molecular weight excluding hydrogens is 471 g/mol. The molecule has 0 unspecified atom stereocenters. The monoisotopic (exact) mass is 495 g/mol. The molecule has 1 aliphatic heterocycles. The molecule has 0 bridgehead atoms. The Labute approximate surface area is 198 Å². The van der Waals surface area contributed by atoms with Gasteiger partial charge in [0.05, 0.1) is 18.1 Å². The van der Waals surface area contributed by atoms with Crippen LogP contribution in [0.2, 0.25) is 0 Å². The first-order valence-electron chi connectivity index (χ1n) is 10.6. The predicted octanol–water partition coefficient (Wildman–Crippen LogP) is 3.24. The van der Waals surface area contributed by atoms with Gasteiger partial charge in [-0.05, 0) is 36.2 Å². The van der Waals surface area contributed by atoms with Crippen molar-refractivity contribution in [2.45, 2.75) is 42.8 Å². The van der Waals surface area contributed by atoms with Crippen molar-refractivity contribution in [3.63, 3.8) is 0 Å². The number of carbonyl (C=O) groups is 1. The van der Waals surface area contributed by atoms with Crippen LogP contribution in [-0.4, -0.2) is 63.1 Å². The lowest BCUT2D eigenvalue weighted by atomic mass is 9.80. The average Bonchev–Trinajstić information content (AvgIpc) is 3.21. The first-order valence-corrected chi connectivity index (χ1v) is 11.5. The fourth-order valence-electron chi connectivity index (χ4n) is 4.17. The van der Waals surface area contributed by atoms with E-state index in [1.54, 1.807) is 11.9 Å². The molecule has 1 saturated carbocycles. The van der Waals surface area contributed by atoms with Crippen LogP contribution in [0.1, 0.15) is 12.0 Å². The quantitative estimate of drug-likeness (QED) is 0.590. The number of ether oxygens (including phenoxy) is 1. The van der Waals surface area contributed by atoms with Gasteiger partial charge >= 0.3 is 6.36 Å². The van der Waals surface area contributed by atoms with E-state index in [4.69, 9.17) is 0 Å². The topological polar surface area (TPSA) is 94.4 Å². The summed E-state index contributed by atoms with van der Waals surface area (Å²) in [6.07, 6.45) is -6.88. The number of carbonyl (C=O) groups excluding carboxylic acids is 1. The van der Waals surface area contributed by atoms with Gasteiger partial charge in [-0.15, -0.1) is 13.2 Å². The van der Waals surface area contributed by atoms with Crippen molar-refractivity contribution in [2.75, 3.05) is 12.4 Å². The number of aliphatic imine (C=N–C) groups is 1. The maximum atomic E-state index is 13.3. The number of nitrogens with zero attached hydrogens (tertiary/aromatic N) is 2. The number of hydrogen-bond donors (Lipinski definition) is 3. The van der Waals surface area contributed by atoms with E-state index in [-0.39, 0.29) is 23.3 Å². The summed E-state index contributed by atoms with van der Waals surface area (Å²) in [5.41, 5.74) is 1.44. The van der Waals surface area contributed by atoms with Crippen LogP contribution in [0, 0.1) is 5.92 Å². The number of aliphatic hydroxyl groups is 2. The van der Waals surface area contributed by atoms with Crippen molar-refractivity contribution in [1.29, 1.82) is 0 Å². The summed E-state index contributed by atoms with van der Waals surface area (Å²) in [4.78, 5) is 19.3. The molecule has 3 N–H and O–H groups in total. The van der Waals surface area contributed by atoms with E-state index in [1.165, 1.54) is 36.0 Å². The van der Waals surface area contributed by atoms with Crippen molar-refractivity contribution in [3.05, 3.63) is 60.2 Å². The van der Waals surface area contributed by atoms with E-state index < -0.39 is 30.5 Å². The number of fused-ring (bicyclic) bond motifs is 1. The van der Waals surface area contributed by atoms with Crippen molar-refractivity contribution < 1.29 is 32.9 Å².